The average Bonchev–Trinajstić information content (AvgIpc) is 3.18. The molecule has 4 rings (SSSR count). The van der Waals surface area contributed by atoms with Crippen molar-refractivity contribution in [3.8, 4) is 17.1 Å². The molecule has 3 aromatic heterocycles. The minimum absolute atomic E-state index is 0.0647. The van der Waals surface area contributed by atoms with Gasteiger partial charge in [0, 0.05) is 29.6 Å². The molecule has 0 N–H and O–H groups in total. The number of unbranched alkanes of at least 4 members (excludes halogenated alkanes) is 1. The third-order valence-corrected chi connectivity index (χ3v) is 6.08. The molecule has 0 bridgehead atoms. The fourth-order valence-electron chi connectivity index (χ4n) is 3.44. The zero-order valence-electron chi connectivity index (χ0n) is 17.9. The van der Waals surface area contributed by atoms with Crippen molar-refractivity contribution in [1.82, 2.24) is 24.1 Å². The minimum Gasteiger partial charge on any atom is -0.497 e. The first-order chi connectivity index (χ1) is 15.1. The topological polar surface area (TPSA) is 74.3 Å². The molecule has 1 aromatic carbocycles. The van der Waals surface area contributed by atoms with Gasteiger partial charge in [0.15, 0.2) is 11.0 Å². The SMILES string of the molecule is CCCCn1c(SCc2cc(=O)n3c(C)cccc3n2)nnc1-c1ccc(OC)cc1. The Labute approximate surface area is 185 Å². The van der Waals surface area contributed by atoms with E-state index < -0.39 is 0 Å². The highest BCUT2D eigenvalue weighted by molar-refractivity contribution is 7.98. The molecule has 160 valence electrons. The molecule has 7 nitrogen and oxygen atoms in total. The van der Waals surface area contributed by atoms with Crippen LogP contribution < -0.4 is 10.3 Å². The molecule has 4 aromatic rings. The smallest absolute Gasteiger partial charge is 0.258 e. The molecule has 0 spiro atoms. The molecule has 0 aliphatic carbocycles. The molecule has 0 aliphatic heterocycles. The van der Waals surface area contributed by atoms with Crippen molar-refractivity contribution in [2.45, 2.75) is 44.1 Å². The molecule has 0 fully saturated rings. The number of fused-ring (bicyclic) bond motifs is 1. The minimum atomic E-state index is -0.0647. The van der Waals surface area contributed by atoms with Crippen molar-refractivity contribution >= 4 is 17.4 Å². The highest BCUT2D eigenvalue weighted by atomic mass is 32.2. The molecule has 8 heteroatoms. The van der Waals surface area contributed by atoms with Crippen molar-refractivity contribution in [2.24, 2.45) is 0 Å². The quantitative estimate of drug-likeness (QED) is 0.383. The number of ether oxygens (including phenoxy) is 1. The van der Waals surface area contributed by atoms with E-state index in [4.69, 9.17) is 4.74 Å². The Kier molecular flexibility index (Phi) is 6.36. The number of rotatable bonds is 8. The second kappa shape index (κ2) is 9.34. The lowest BCUT2D eigenvalue weighted by Gasteiger charge is -2.10. The van der Waals surface area contributed by atoms with E-state index in [1.165, 1.54) is 0 Å². The van der Waals surface area contributed by atoms with Crippen LogP contribution in [0.4, 0.5) is 0 Å². The molecular weight excluding hydrogens is 410 g/mol. The number of aromatic nitrogens is 5. The fourth-order valence-corrected chi connectivity index (χ4v) is 4.30. The second-order valence-electron chi connectivity index (χ2n) is 7.28. The van der Waals surface area contributed by atoms with Gasteiger partial charge in [-0.1, -0.05) is 31.2 Å². The van der Waals surface area contributed by atoms with Gasteiger partial charge in [0.25, 0.3) is 5.56 Å². The second-order valence-corrected chi connectivity index (χ2v) is 8.22. The number of benzene rings is 1. The number of nitrogens with zero attached hydrogens (tertiary/aromatic N) is 5. The van der Waals surface area contributed by atoms with Gasteiger partial charge in [0.2, 0.25) is 0 Å². The van der Waals surface area contributed by atoms with E-state index >= 15 is 0 Å². The van der Waals surface area contributed by atoms with Crippen molar-refractivity contribution < 1.29 is 4.74 Å². The summed E-state index contributed by atoms with van der Waals surface area (Å²) in [6, 6.07) is 15.1. The van der Waals surface area contributed by atoms with Crippen LogP contribution >= 0.6 is 11.8 Å². The largest absolute Gasteiger partial charge is 0.497 e. The number of methoxy groups -OCH3 is 1. The van der Waals surface area contributed by atoms with Crippen LogP contribution in [0.25, 0.3) is 17.0 Å². The van der Waals surface area contributed by atoms with Crippen LogP contribution in [-0.2, 0) is 12.3 Å². The van der Waals surface area contributed by atoms with E-state index in [1.54, 1.807) is 29.3 Å². The van der Waals surface area contributed by atoms with Crippen LogP contribution in [0, 0.1) is 6.92 Å². The van der Waals surface area contributed by atoms with Gasteiger partial charge < -0.3 is 9.30 Å². The Morgan fingerprint density at radius 2 is 1.90 bits per heavy atom. The monoisotopic (exact) mass is 435 g/mol. The van der Waals surface area contributed by atoms with Crippen LogP contribution in [0.5, 0.6) is 5.75 Å². The molecule has 0 saturated carbocycles. The summed E-state index contributed by atoms with van der Waals surface area (Å²) in [4.78, 5) is 17.2. The third kappa shape index (κ3) is 4.49. The first-order valence-corrected chi connectivity index (χ1v) is 11.3. The normalized spacial score (nSPS) is 11.2. The van der Waals surface area contributed by atoms with E-state index in [0.29, 0.717) is 11.4 Å². The summed E-state index contributed by atoms with van der Waals surface area (Å²) >= 11 is 1.55. The van der Waals surface area contributed by atoms with Crippen LogP contribution in [-0.4, -0.2) is 31.3 Å². The van der Waals surface area contributed by atoms with Crippen molar-refractivity contribution in [2.75, 3.05) is 7.11 Å². The highest BCUT2D eigenvalue weighted by Gasteiger charge is 2.15. The van der Waals surface area contributed by atoms with Crippen molar-refractivity contribution in [1.29, 1.82) is 0 Å². The van der Waals surface area contributed by atoms with E-state index in [0.717, 1.165) is 53.1 Å². The van der Waals surface area contributed by atoms with Gasteiger partial charge in [-0.3, -0.25) is 9.20 Å². The number of thioether (sulfide) groups is 1. The lowest BCUT2D eigenvalue weighted by Crippen LogP contribution is -2.17. The molecule has 3 heterocycles. The van der Waals surface area contributed by atoms with E-state index in [2.05, 4.69) is 26.7 Å². The van der Waals surface area contributed by atoms with Gasteiger partial charge in [-0.25, -0.2) is 4.98 Å². The Morgan fingerprint density at radius 1 is 1.10 bits per heavy atom. The molecule has 31 heavy (non-hydrogen) atoms. The lowest BCUT2D eigenvalue weighted by atomic mass is 10.2. The summed E-state index contributed by atoms with van der Waals surface area (Å²) < 4.78 is 9.03. The Balaban J connectivity index is 1.61. The summed E-state index contributed by atoms with van der Waals surface area (Å²) in [7, 11) is 1.65. The zero-order valence-corrected chi connectivity index (χ0v) is 18.7. The molecule has 0 saturated heterocycles. The van der Waals surface area contributed by atoms with Crippen LogP contribution in [0.1, 0.15) is 31.2 Å². The van der Waals surface area contributed by atoms with Crippen molar-refractivity contribution in [3.63, 3.8) is 0 Å². The molecule has 0 aliphatic rings. The Bertz CT molecular complexity index is 1250. The van der Waals surface area contributed by atoms with Crippen LogP contribution in [0.15, 0.2) is 58.5 Å². The maximum atomic E-state index is 12.6. The molecular formula is C23H25N5O2S. The number of hydrogen-bond donors (Lipinski definition) is 0. The maximum absolute atomic E-state index is 12.6. The number of hydrogen-bond acceptors (Lipinski definition) is 6. The van der Waals surface area contributed by atoms with Gasteiger partial charge in [0.1, 0.15) is 11.4 Å². The average molecular weight is 436 g/mol. The maximum Gasteiger partial charge on any atom is 0.258 e. The van der Waals surface area contributed by atoms with Crippen LogP contribution in [0.2, 0.25) is 0 Å². The molecule has 0 unspecified atom stereocenters. The molecule has 0 atom stereocenters. The predicted octanol–water partition coefficient (Wildman–Crippen LogP) is 4.36. The lowest BCUT2D eigenvalue weighted by molar-refractivity contribution is 0.415. The van der Waals surface area contributed by atoms with Gasteiger partial charge in [-0.15, -0.1) is 10.2 Å². The third-order valence-electron chi connectivity index (χ3n) is 5.08. The first kappa shape index (κ1) is 21.1. The van der Waals surface area contributed by atoms with E-state index in [1.807, 2.05) is 49.4 Å². The Hall–Kier alpha value is -3.13. The summed E-state index contributed by atoms with van der Waals surface area (Å²) in [6.07, 6.45) is 2.11. The van der Waals surface area contributed by atoms with E-state index in [9.17, 15) is 4.79 Å². The standard InChI is InChI=1S/C23H25N5O2S/c1-4-5-13-27-22(17-9-11-19(30-3)12-10-17)25-26-23(27)31-15-18-14-21(29)28-16(2)7-6-8-20(28)24-18/h6-12,14H,4-5,13,15H2,1-3H3. The summed E-state index contributed by atoms with van der Waals surface area (Å²) in [6.45, 7) is 4.90. The Morgan fingerprint density at radius 3 is 2.65 bits per heavy atom. The fraction of sp³-hybridized carbons (Fsp3) is 0.304. The number of aryl methyl sites for hydroxylation is 1. The molecule has 0 radical (unpaired) electrons. The zero-order chi connectivity index (χ0) is 21.8. The van der Waals surface area contributed by atoms with E-state index in [-0.39, 0.29) is 5.56 Å². The molecule has 0 amide bonds. The highest BCUT2D eigenvalue weighted by Crippen LogP contribution is 2.27. The number of pyridine rings is 1. The summed E-state index contributed by atoms with van der Waals surface area (Å²) in [5.41, 5.74) is 3.20. The van der Waals surface area contributed by atoms with Gasteiger partial charge in [-0.05, 0) is 49.7 Å². The summed E-state index contributed by atoms with van der Waals surface area (Å²) in [5.74, 6) is 2.19. The summed E-state index contributed by atoms with van der Waals surface area (Å²) in [5, 5.41) is 9.71. The van der Waals surface area contributed by atoms with Gasteiger partial charge in [-0.2, -0.15) is 0 Å². The van der Waals surface area contributed by atoms with Gasteiger partial charge >= 0.3 is 0 Å². The first-order valence-electron chi connectivity index (χ1n) is 10.3. The van der Waals surface area contributed by atoms with Gasteiger partial charge in [0.05, 0.1) is 12.8 Å². The van der Waals surface area contributed by atoms with Crippen molar-refractivity contribution in [3.05, 3.63) is 70.3 Å². The van der Waals surface area contributed by atoms with Crippen LogP contribution in [0.3, 0.4) is 0 Å². The predicted molar refractivity (Wildman–Crippen MR) is 123 cm³/mol.